The Bertz CT molecular complexity index is 306. The molecule has 2 atom stereocenters. The SMILES string of the molecule is CC(C)(C)OC(=O)N1CCCCC1CC(N)C(F)F. The Kier molecular flexibility index (Phi) is 5.52. The second-order valence-electron chi connectivity index (χ2n) is 6.06. The number of halogens is 2. The van der Waals surface area contributed by atoms with Crippen LogP contribution >= 0.6 is 0 Å². The molecular weight excluding hydrogens is 254 g/mol. The first-order valence-corrected chi connectivity index (χ1v) is 6.74. The maximum Gasteiger partial charge on any atom is 0.410 e. The number of carbonyl (C=O) groups excluding carboxylic acids is 1. The van der Waals surface area contributed by atoms with Gasteiger partial charge in [0.25, 0.3) is 6.43 Å². The predicted molar refractivity (Wildman–Crippen MR) is 69.2 cm³/mol. The first-order chi connectivity index (χ1) is 8.70. The molecule has 1 amide bonds. The molecule has 2 N–H and O–H groups in total. The van der Waals surface area contributed by atoms with Gasteiger partial charge in [-0.25, -0.2) is 13.6 Å². The number of piperidine rings is 1. The van der Waals surface area contributed by atoms with E-state index in [1.54, 1.807) is 25.7 Å². The Hall–Kier alpha value is -0.910. The van der Waals surface area contributed by atoms with E-state index in [2.05, 4.69) is 0 Å². The third-order valence-corrected chi connectivity index (χ3v) is 3.12. The number of nitrogens with two attached hydrogens (primary N) is 1. The van der Waals surface area contributed by atoms with Gasteiger partial charge in [-0.2, -0.15) is 0 Å². The molecule has 0 aromatic rings. The Balaban J connectivity index is 2.64. The minimum Gasteiger partial charge on any atom is -0.444 e. The first-order valence-electron chi connectivity index (χ1n) is 6.74. The topological polar surface area (TPSA) is 55.6 Å². The summed E-state index contributed by atoms with van der Waals surface area (Å²) >= 11 is 0. The van der Waals surface area contributed by atoms with E-state index in [-0.39, 0.29) is 12.5 Å². The van der Waals surface area contributed by atoms with Crippen molar-refractivity contribution in [1.82, 2.24) is 4.90 Å². The normalized spacial score (nSPS) is 22.5. The van der Waals surface area contributed by atoms with E-state index in [1.165, 1.54) is 0 Å². The summed E-state index contributed by atoms with van der Waals surface area (Å²) in [5.41, 5.74) is 4.83. The van der Waals surface area contributed by atoms with Crippen LogP contribution in [0.3, 0.4) is 0 Å². The van der Waals surface area contributed by atoms with Crippen LogP contribution in [-0.4, -0.2) is 41.6 Å². The molecule has 0 spiro atoms. The number of likely N-dealkylation sites (tertiary alicyclic amines) is 1. The van der Waals surface area contributed by atoms with E-state index in [9.17, 15) is 13.6 Å². The molecule has 19 heavy (non-hydrogen) atoms. The van der Waals surface area contributed by atoms with Crippen LogP contribution in [0.2, 0.25) is 0 Å². The molecule has 2 unspecified atom stereocenters. The molecule has 112 valence electrons. The third-order valence-electron chi connectivity index (χ3n) is 3.12. The number of rotatable bonds is 3. The van der Waals surface area contributed by atoms with Crippen molar-refractivity contribution in [2.45, 2.75) is 70.6 Å². The molecule has 0 bridgehead atoms. The Morgan fingerprint density at radius 1 is 1.42 bits per heavy atom. The minimum atomic E-state index is -2.55. The van der Waals surface area contributed by atoms with Gasteiger partial charge in [0.2, 0.25) is 0 Å². The summed E-state index contributed by atoms with van der Waals surface area (Å²) in [7, 11) is 0. The summed E-state index contributed by atoms with van der Waals surface area (Å²) in [5.74, 6) is 0. The van der Waals surface area contributed by atoms with E-state index in [4.69, 9.17) is 10.5 Å². The van der Waals surface area contributed by atoms with Crippen molar-refractivity contribution < 1.29 is 18.3 Å². The van der Waals surface area contributed by atoms with E-state index in [1.807, 2.05) is 0 Å². The lowest BCUT2D eigenvalue weighted by Crippen LogP contribution is -2.49. The lowest BCUT2D eigenvalue weighted by molar-refractivity contribution is 0.00423. The van der Waals surface area contributed by atoms with Crippen LogP contribution in [0, 0.1) is 0 Å². The minimum absolute atomic E-state index is 0.122. The summed E-state index contributed by atoms with van der Waals surface area (Å²) in [5, 5.41) is 0. The van der Waals surface area contributed by atoms with Gasteiger partial charge >= 0.3 is 6.09 Å². The van der Waals surface area contributed by atoms with Gasteiger partial charge in [0, 0.05) is 12.6 Å². The van der Waals surface area contributed by atoms with Crippen molar-refractivity contribution >= 4 is 6.09 Å². The van der Waals surface area contributed by atoms with Gasteiger partial charge in [-0.15, -0.1) is 0 Å². The predicted octanol–water partition coefficient (Wildman–Crippen LogP) is 2.76. The molecular formula is C13H24F2N2O2. The fraction of sp³-hybridized carbons (Fsp3) is 0.923. The Labute approximate surface area is 113 Å². The van der Waals surface area contributed by atoms with Gasteiger partial charge < -0.3 is 15.4 Å². The summed E-state index contributed by atoms with van der Waals surface area (Å²) in [4.78, 5) is 13.6. The molecule has 1 rings (SSSR count). The highest BCUT2D eigenvalue weighted by Gasteiger charge is 2.32. The Morgan fingerprint density at radius 3 is 2.58 bits per heavy atom. The zero-order valence-corrected chi connectivity index (χ0v) is 11.9. The van der Waals surface area contributed by atoms with Crippen molar-refractivity contribution in [3.8, 4) is 0 Å². The van der Waals surface area contributed by atoms with Crippen LogP contribution < -0.4 is 5.73 Å². The van der Waals surface area contributed by atoms with Gasteiger partial charge in [-0.3, -0.25) is 0 Å². The summed E-state index contributed by atoms with van der Waals surface area (Å²) in [6.07, 6.45) is -0.350. The largest absolute Gasteiger partial charge is 0.444 e. The van der Waals surface area contributed by atoms with Crippen LogP contribution in [0.4, 0.5) is 13.6 Å². The lowest BCUT2D eigenvalue weighted by atomic mass is 9.96. The van der Waals surface area contributed by atoms with E-state index in [0.29, 0.717) is 13.0 Å². The monoisotopic (exact) mass is 278 g/mol. The molecule has 1 heterocycles. The number of hydrogen-bond acceptors (Lipinski definition) is 3. The van der Waals surface area contributed by atoms with Crippen LogP contribution in [0.25, 0.3) is 0 Å². The second-order valence-corrected chi connectivity index (χ2v) is 6.06. The molecule has 6 heteroatoms. The van der Waals surface area contributed by atoms with Gasteiger partial charge in [0.15, 0.2) is 0 Å². The lowest BCUT2D eigenvalue weighted by Gasteiger charge is -2.37. The molecule has 1 aliphatic heterocycles. The Morgan fingerprint density at radius 2 is 2.05 bits per heavy atom. The van der Waals surface area contributed by atoms with Gasteiger partial charge in [0.1, 0.15) is 5.60 Å². The van der Waals surface area contributed by atoms with Crippen LogP contribution in [-0.2, 0) is 4.74 Å². The van der Waals surface area contributed by atoms with Crippen molar-refractivity contribution in [3.05, 3.63) is 0 Å². The van der Waals surface area contributed by atoms with E-state index < -0.39 is 24.2 Å². The summed E-state index contributed by atoms with van der Waals surface area (Å²) < 4.78 is 30.4. The molecule has 0 aromatic carbocycles. The second kappa shape index (κ2) is 6.50. The zero-order valence-electron chi connectivity index (χ0n) is 11.9. The summed E-state index contributed by atoms with van der Waals surface area (Å²) in [6, 6.07) is -1.43. The standard InChI is InChI=1S/C13H24F2N2O2/c1-13(2,3)19-12(18)17-7-5-4-6-9(17)8-10(16)11(14)15/h9-11H,4-8,16H2,1-3H3. The first kappa shape index (κ1) is 16.1. The van der Waals surface area contributed by atoms with Gasteiger partial charge in [-0.05, 0) is 46.5 Å². The maximum atomic E-state index is 12.5. The van der Waals surface area contributed by atoms with Crippen molar-refractivity contribution in [3.63, 3.8) is 0 Å². The van der Waals surface area contributed by atoms with Crippen molar-refractivity contribution in [2.75, 3.05) is 6.54 Å². The molecule has 4 nitrogen and oxygen atoms in total. The van der Waals surface area contributed by atoms with Crippen LogP contribution in [0.1, 0.15) is 46.5 Å². The number of nitrogens with zero attached hydrogens (tertiary/aromatic N) is 1. The fourth-order valence-electron chi connectivity index (χ4n) is 2.22. The van der Waals surface area contributed by atoms with Gasteiger partial charge in [-0.1, -0.05) is 0 Å². The molecule has 1 fully saturated rings. The van der Waals surface area contributed by atoms with Crippen molar-refractivity contribution in [2.24, 2.45) is 5.73 Å². The molecule has 0 radical (unpaired) electrons. The van der Waals surface area contributed by atoms with E-state index in [0.717, 1.165) is 12.8 Å². The maximum absolute atomic E-state index is 12.5. The van der Waals surface area contributed by atoms with Crippen molar-refractivity contribution in [1.29, 1.82) is 0 Å². The highest BCUT2D eigenvalue weighted by atomic mass is 19.3. The molecule has 1 saturated heterocycles. The average Bonchev–Trinajstić information content (AvgIpc) is 2.27. The fourth-order valence-corrected chi connectivity index (χ4v) is 2.22. The van der Waals surface area contributed by atoms with Crippen LogP contribution in [0.15, 0.2) is 0 Å². The van der Waals surface area contributed by atoms with E-state index >= 15 is 0 Å². The number of alkyl halides is 2. The quantitative estimate of drug-likeness (QED) is 0.863. The molecule has 1 aliphatic rings. The highest BCUT2D eigenvalue weighted by Crippen LogP contribution is 2.24. The zero-order chi connectivity index (χ0) is 14.6. The number of amides is 1. The smallest absolute Gasteiger partial charge is 0.410 e. The number of carbonyl (C=O) groups is 1. The molecule has 0 aromatic heterocycles. The van der Waals surface area contributed by atoms with Crippen LogP contribution in [0.5, 0.6) is 0 Å². The number of hydrogen-bond donors (Lipinski definition) is 1. The third kappa shape index (κ3) is 5.30. The summed E-state index contributed by atoms with van der Waals surface area (Å²) in [6.45, 7) is 5.91. The average molecular weight is 278 g/mol. The molecule has 0 saturated carbocycles. The molecule has 0 aliphatic carbocycles. The highest BCUT2D eigenvalue weighted by molar-refractivity contribution is 5.68. The number of ether oxygens (including phenoxy) is 1. The van der Waals surface area contributed by atoms with Gasteiger partial charge in [0.05, 0.1) is 6.04 Å².